The van der Waals surface area contributed by atoms with Crippen molar-refractivity contribution < 1.29 is 0 Å². The maximum Gasteiger partial charge on any atom is 0.0842 e. The smallest absolute Gasteiger partial charge is 0.0842 e. The highest BCUT2D eigenvalue weighted by molar-refractivity contribution is 5.31. The molecule has 0 aromatic carbocycles. The van der Waals surface area contributed by atoms with Crippen LogP contribution in [0, 0.1) is 11.8 Å². The molecule has 1 nitrogen and oxygen atoms in total. The number of hydrogen-bond donors (Lipinski definition) is 0. The third kappa shape index (κ3) is 1.95. The molecule has 2 aliphatic rings. The topological polar surface area (TPSA) is 3.24 Å². The second-order valence-electron chi connectivity index (χ2n) is 4.22. The largest absolute Gasteiger partial charge is 0.362 e. The van der Waals surface area contributed by atoms with Crippen molar-refractivity contribution in [2.45, 2.75) is 51.5 Å². The monoisotopic (exact) mass is 189 g/mol. The van der Waals surface area contributed by atoms with Gasteiger partial charge >= 0.3 is 0 Å². The van der Waals surface area contributed by atoms with Gasteiger partial charge in [-0.05, 0) is 38.0 Å². The molecule has 0 aliphatic carbocycles. The van der Waals surface area contributed by atoms with Crippen LogP contribution in [0.5, 0.6) is 0 Å². The van der Waals surface area contributed by atoms with E-state index in [1.54, 1.807) is 0 Å². The van der Waals surface area contributed by atoms with Gasteiger partial charge in [0.25, 0.3) is 0 Å². The number of allylic oxidation sites excluding steroid dienone is 1. The van der Waals surface area contributed by atoms with E-state index >= 15 is 0 Å². The number of fused-ring (bicyclic) bond motifs is 1. The average molecular weight is 189 g/mol. The summed E-state index contributed by atoms with van der Waals surface area (Å²) in [5.41, 5.74) is 1.31. The number of rotatable bonds is 1. The Kier molecular flexibility index (Phi) is 3.14. The van der Waals surface area contributed by atoms with Crippen molar-refractivity contribution >= 4 is 0 Å². The fourth-order valence-corrected chi connectivity index (χ4v) is 2.33. The summed E-state index contributed by atoms with van der Waals surface area (Å²) in [4.78, 5) is 2.52. The molecule has 0 amide bonds. The van der Waals surface area contributed by atoms with Crippen LogP contribution in [-0.4, -0.2) is 17.5 Å². The molecule has 0 radical (unpaired) electrons. The molecular weight excluding hydrogens is 170 g/mol. The Morgan fingerprint density at radius 3 is 3.29 bits per heavy atom. The van der Waals surface area contributed by atoms with Gasteiger partial charge in [-0.1, -0.05) is 18.9 Å². The fraction of sp³-hybridized carbons (Fsp3) is 0.692. The average Bonchev–Trinajstić information content (AvgIpc) is 2.63. The Balaban J connectivity index is 1.97. The van der Waals surface area contributed by atoms with Crippen LogP contribution in [0.25, 0.3) is 0 Å². The lowest BCUT2D eigenvalue weighted by atomic mass is 10.0. The maximum absolute atomic E-state index is 3.32. The van der Waals surface area contributed by atoms with Crippen LogP contribution in [0.2, 0.25) is 0 Å². The lowest BCUT2D eigenvalue weighted by Crippen LogP contribution is -2.34. The van der Waals surface area contributed by atoms with Gasteiger partial charge in [-0.3, -0.25) is 0 Å². The molecule has 0 aromatic heterocycles. The van der Waals surface area contributed by atoms with Gasteiger partial charge in [-0.2, -0.15) is 0 Å². The van der Waals surface area contributed by atoms with E-state index in [0.29, 0.717) is 0 Å². The molecule has 1 atom stereocenters. The van der Waals surface area contributed by atoms with E-state index in [9.17, 15) is 0 Å². The highest BCUT2D eigenvalue weighted by Gasteiger charge is 2.26. The fourth-order valence-electron chi connectivity index (χ4n) is 2.33. The highest BCUT2D eigenvalue weighted by atomic mass is 15.2. The van der Waals surface area contributed by atoms with Gasteiger partial charge in [-0.25, -0.2) is 0 Å². The number of unbranched alkanes of at least 4 members (excludes halogenated alkanes) is 1. The van der Waals surface area contributed by atoms with Gasteiger partial charge in [-0.15, -0.1) is 0 Å². The van der Waals surface area contributed by atoms with Crippen molar-refractivity contribution in [2.75, 3.05) is 6.54 Å². The van der Waals surface area contributed by atoms with Gasteiger partial charge in [0.05, 0.1) is 5.70 Å². The zero-order valence-corrected chi connectivity index (χ0v) is 9.05. The molecule has 2 aliphatic heterocycles. The molecule has 1 unspecified atom stereocenters. The van der Waals surface area contributed by atoms with E-state index in [1.165, 1.54) is 44.3 Å². The van der Waals surface area contributed by atoms with Crippen molar-refractivity contribution in [3.05, 3.63) is 11.8 Å². The normalized spacial score (nSPS) is 25.1. The Morgan fingerprint density at radius 2 is 2.43 bits per heavy atom. The molecule has 0 saturated carbocycles. The van der Waals surface area contributed by atoms with Crippen LogP contribution in [0.3, 0.4) is 0 Å². The molecule has 1 saturated heterocycles. The van der Waals surface area contributed by atoms with E-state index < -0.39 is 0 Å². The molecule has 0 bridgehead atoms. The van der Waals surface area contributed by atoms with Gasteiger partial charge in [0.1, 0.15) is 0 Å². The molecule has 0 aromatic rings. The summed E-state index contributed by atoms with van der Waals surface area (Å²) in [6, 6.07) is 0.787. The van der Waals surface area contributed by atoms with Gasteiger partial charge in [0.15, 0.2) is 0 Å². The highest BCUT2D eigenvalue weighted by Crippen LogP contribution is 2.29. The lowest BCUT2D eigenvalue weighted by Gasteiger charge is -2.32. The minimum atomic E-state index is 0.787. The quantitative estimate of drug-likeness (QED) is 0.573. The maximum atomic E-state index is 3.32. The van der Waals surface area contributed by atoms with Crippen LogP contribution < -0.4 is 0 Å². The minimum Gasteiger partial charge on any atom is -0.362 e. The first-order chi connectivity index (χ1) is 6.92. The summed E-state index contributed by atoms with van der Waals surface area (Å²) in [6.45, 7) is 3.42. The Morgan fingerprint density at radius 1 is 1.50 bits per heavy atom. The van der Waals surface area contributed by atoms with E-state index in [1.807, 2.05) is 0 Å². The summed E-state index contributed by atoms with van der Waals surface area (Å²) in [5, 5.41) is 0. The summed E-state index contributed by atoms with van der Waals surface area (Å²) in [6.07, 6.45) is 9.90. The Hall–Kier alpha value is -0.900. The van der Waals surface area contributed by atoms with E-state index in [0.717, 1.165) is 12.5 Å². The molecular formula is C13H19N. The number of nitrogens with zero attached hydrogens (tertiary/aromatic N) is 1. The van der Waals surface area contributed by atoms with Crippen LogP contribution >= 0.6 is 0 Å². The summed E-state index contributed by atoms with van der Waals surface area (Å²) >= 11 is 0. The minimum absolute atomic E-state index is 0.787. The second kappa shape index (κ2) is 4.55. The first-order valence-electron chi connectivity index (χ1n) is 5.87. The molecule has 1 fully saturated rings. The zero-order valence-electron chi connectivity index (χ0n) is 9.05. The summed E-state index contributed by atoms with van der Waals surface area (Å²) < 4.78 is 0. The second-order valence-corrected chi connectivity index (χ2v) is 4.22. The van der Waals surface area contributed by atoms with Crippen molar-refractivity contribution in [3.8, 4) is 11.8 Å². The molecule has 14 heavy (non-hydrogen) atoms. The van der Waals surface area contributed by atoms with Gasteiger partial charge in [0, 0.05) is 19.0 Å². The predicted octanol–water partition coefficient (Wildman–Crippen LogP) is 2.93. The van der Waals surface area contributed by atoms with E-state index in [-0.39, 0.29) is 0 Å². The molecule has 1 heteroatoms. The third-order valence-electron chi connectivity index (χ3n) is 3.11. The van der Waals surface area contributed by atoms with E-state index in [2.05, 4.69) is 29.7 Å². The van der Waals surface area contributed by atoms with Crippen molar-refractivity contribution in [2.24, 2.45) is 0 Å². The van der Waals surface area contributed by atoms with Crippen LogP contribution in [0.4, 0.5) is 0 Å². The van der Waals surface area contributed by atoms with Crippen LogP contribution in [0.15, 0.2) is 11.8 Å². The van der Waals surface area contributed by atoms with E-state index in [4.69, 9.17) is 0 Å². The molecule has 76 valence electrons. The van der Waals surface area contributed by atoms with Crippen molar-refractivity contribution in [3.63, 3.8) is 0 Å². The first kappa shape index (κ1) is 9.65. The SMILES string of the molecule is CCCC#CC1=CCC2CCCCN12. The van der Waals surface area contributed by atoms with Crippen LogP contribution in [-0.2, 0) is 0 Å². The first-order valence-corrected chi connectivity index (χ1v) is 5.87. The molecule has 0 N–H and O–H groups in total. The van der Waals surface area contributed by atoms with Crippen molar-refractivity contribution in [1.82, 2.24) is 4.90 Å². The van der Waals surface area contributed by atoms with Gasteiger partial charge in [0.2, 0.25) is 0 Å². The Bertz CT molecular complexity index is 279. The lowest BCUT2D eigenvalue weighted by molar-refractivity contribution is 0.223. The zero-order chi connectivity index (χ0) is 9.80. The Labute approximate surface area is 87.2 Å². The summed E-state index contributed by atoms with van der Waals surface area (Å²) in [7, 11) is 0. The molecule has 2 rings (SSSR count). The number of hydrogen-bond acceptors (Lipinski definition) is 1. The third-order valence-corrected chi connectivity index (χ3v) is 3.11. The summed E-state index contributed by atoms with van der Waals surface area (Å²) in [5.74, 6) is 6.57. The number of piperidine rings is 1. The van der Waals surface area contributed by atoms with Crippen molar-refractivity contribution in [1.29, 1.82) is 0 Å². The molecule has 0 spiro atoms. The standard InChI is InChI=1S/C13H19N/c1-2-3-4-7-12-9-10-13-8-5-6-11-14(12)13/h9,13H,2-3,5-6,8,10-11H2,1H3. The van der Waals surface area contributed by atoms with Gasteiger partial charge < -0.3 is 4.90 Å². The molecule has 2 heterocycles. The van der Waals surface area contributed by atoms with Crippen LogP contribution in [0.1, 0.15) is 45.4 Å². The predicted molar refractivity (Wildman–Crippen MR) is 59.7 cm³/mol.